The molecular formula is C9H8BF3NO-. The molecule has 2 heterocycles. The number of hydrogen-bond acceptors (Lipinski definition) is 2. The van der Waals surface area contributed by atoms with Gasteiger partial charge in [-0.05, 0) is 6.07 Å². The Hall–Kier alpha value is -1.46. The minimum Gasteiger partial charge on any atom is -0.491 e. The van der Waals surface area contributed by atoms with E-state index in [9.17, 15) is 12.9 Å². The SMILES string of the molecule is F[B-](F)(F)/C=C1\CCOc2cnccc21. The number of ether oxygens (including phenoxy) is 1. The molecule has 0 bridgehead atoms. The van der Waals surface area contributed by atoms with E-state index in [1.165, 1.54) is 12.4 Å². The number of nitrogens with zero attached hydrogens (tertiary/aromatic N) is 1. The zero-order chi connectivity index (χ0) is 10.9. The summed E-state index contributed by atoms with van der Waals surface area (Å²) in [5.74, 6) is 0.816. The van der Waals surface area contributed by atoms with Gasteiger partial charge >= 0.3 is 6.98 Å². The van der Waals surface area contributed by atoms with Crippen molar-refractivity contribution in [2.75, 3.05) is 6.61 Å². The number of aromatic nitrogens is 1. The largest absolute Gasteiger partial charge is 0.502 e. The molecule has 0 N–H and O–H groups in total. The van der Waals surface area contributed by atoms with Crippen molar-refractivity contribution in [1.29, 1.82) is 0 Å². The number of rotatable bonds is 1. The van der Waals surface area contributed by atoms with Crippen LogP contribution in [-0.2, 0) is 0 Å². The highest BCUT2D eigenvalue weighted by atomic mass is 19.4. The lowest BCUT2D eigenvalue weighted by molar-refractivity contribution is 0.315. The highest BCUT2D eigenvalue weighted by Crippen LogP contribution is 2.33. The van der Waals surface area contributed by atoms with Crippen LogP contribution in [0.2, 0.25) is 0 Å². The van der Waals surface area contributed by atoms with Crippen molar-refractivity contribution in [3.63, 3.8) is 0 Å². The average molecular weight is 214 g/mol. The van der Waals surface area contributed by atoms with Crippen LogP contribution >= 0.6 is 0 Å². The monoisotopic (exact) mass is 214 g/mol. The first kappa shape index (κ1) is 10.1. The molecule has 15 heavy (non-hydrogen) atoms. The Morgan fingerprint density at radius 3 is 2.93 bits per heavy atom. The Bertz CT molecular complexity index is 403. The maximum atomic E-state index is 12.3. The maximum Gasteiger partial charge on any atom is 0.502 e. The summed E-state index contributed by atoms with van der Waals surface area (Å²) in [7, 11) is 0. The van der Waals surface area contributed by atoms with Crippen LogP contribution in [0.15, 0.2) is 24.4 Å². The minimum absolute atomic E-state index is 0.274. The number of halogens is 3. The number of hydrogen-bond donors (Lipinski definition) is 0. The van der Waals surface area contributed by atoms with Gasteiger partial charge in [-0.15, -0.1) is 5.98 Å². The third-order valence-corrected chi connectivity index (χ3v) is 2.15. The molecule has 1 aliphatic rings. The Balaban J connectivity index is 2.42. The van der Waals surface area contributed by atoms with E-state index in [0.29, 0.717) is 17.3 Å². The van der Waals surface area contributed by atoms with Crippen molar-refractivity contribution in [2.24, 2.45) is 0 Å². The smallest absolute Gasteiger partial charge is 0.491 e. The molecule has 6 heteroatoms. The molecule has 1 aromatic heterocycles. The van der Waals surface area contributed by atoms with Gasteiger partial charge in [0.15, 0.2) is 0 Å². The van der Waals surface area contributed by atoms with Gasteiger partial charge in [-0.1, -0.05) is 5.57 Å². The summed E-state index contributed by atoms with van der Waals surface area (Å²) in [5, 5.41) is 0. The van der Waals surface area contributed by atoms with Crippen molar-refractivity contribution >= 4 is 12.6 Å². The Labute approximate surface area is 84.8 Å². The Morgan fingerprint density at radius 2 is 2.20 bits per heavy atom. The summed E-state index contributed by atoms with van der Waals surface area (Å²) >= 11 is 0. The molecule has 0 amide bonds. The second-order valence-corrected chi connectivity index (χ2v) is 3.29. The van der Waals surface area contributed by atoms with Crippen LogP contribution in [0.4, 0.5) is 12.9 Å². The molecule has 1 aromatic rings. The first-order valence-corrected chi connectivity index (χ1v) is 4.55. The summed E-state index contributed by atoms with van der Waals surface area (Å²) in [5.41, 5.74) is 0.779. The molecule has 0 fully saturated rings. The minimum atomic E-state index is -4.90. The standard InChI is InChI=1S/C9H8BF3NO/c11-10(12,13)5-7-2-4-15-9-6-14-3-1-8(7)9/h1,3,5-6H,2,4H2/q-1/b7-5+. The van der Waals surface area contributed by atoms with Crippen LogP contribution in [0.1, 0.15) is 12.0 Å². The van der Waals surface area contributed by atoms with Gasteiger partial charge in [0.2, 0.25) is 0 Å². The van der Waals surface area contributed by atoms with Gasteiger partial charge in [-0.3, -0.25) is 4.98 Å². The van der Waals surface area contributed by atoms with Crippen LogP contribution in [0, 0.1) is 0 Å². The normalized spacial score (nSPS) is 18.5. The van der Waals surface area contributed by atoms with E-state index in [2.05, 4.69) is 4.98 Å². The predicted octanol–water partition coefficient (Wildman–Crippen LogP) is 2.63. The van der Waals surface area contributed by atoms with Crippen LogP contribution < -0.4 is 4.74 Å². The highest BCUT2D eigenvalue weighted by Gasteiger charge is 2.23. The lowest BCUT2D eigenvalue weighted by atomic mass is 9.84. The summed E-state index contributed by atoms with van der Waals surface area (Å²) in [6.07, 6.45) is 3.19. The molecule has 1 aliphatic heterocycles. The van der Waals surface area contributed by atoms with Crippen LogP contribution in [-0.4, -0.2) is 18.6 Å². The molecule has 0 aromatic carbocycles. The zero-order valence-corrected chi connectivity index (χ0v) is 7.79. The lowest BCUT2D eigenvalue weighted by Crippen LogP contribution is -2.15. The van der Waals surface area contributed by atoms with Crippen molar-refractivity contribution in [1.82, 2.24) is 4.98 Å². The van der Waals surface area contributed by atoms with E-state index < -0.39 is 6.98 Å². The quantitative estimate of drug-likeness (QED) is 0.670. The maximum absolute atomic E-state index is 12.3. The summed E-state index contributed by atoms with van der Waals surface area (Å²) in [6.45, 7) is -4.62. The number of pyridine rings is 1. The molecule has 0 aliphatic carbocycles. The van der Waals surface area contributed by atoms with Gasteiger partial charge in [0.1, 0.15) is 5.75 Å². The summed E-state index contributed by atoms with van der Waals surface area (Å²) in [4.78, 5) is 3.80. The van der Waals surface area contributed by atoms with E-state index in [0.717, 1.165) is 0 Å². The lowest BCUT2D eigenvalue weighted by Gasteiger charge is -2.21. The first-order valence-electron chi connectivity index (χ1n) is 4.55. The van der Waals surface area contributed by atoms with E-state index in [-0.39, 0.29) is 18.6 Å². The molecule has 0 atom stereocenters. The van der Waals surface area contributed by atoms with Crippen molar-refractivity contribution in [3.8, 4) is 5.75 Å². The topological polar surface area (TPSA) is 22.1 Å². The predicted molar refractivity (Wildman–Crippen MR) is 51.4 cm³/mol. The third kappa shape index (κ3) is 2.32. The van der Waals surface area contributed by atoms with Crippen LogP contribution in [0.5, 0.6) is 5.75 Å². The summed E-state index contributed by atoms with van der Waals surface area (Å²) in [6, 6.07) is 1.54. The third-order valence-electron chi connectivity index (χ3n) is 2.15. The van der Waals surface area contributed by atoms with Gasteiger partial charge in [-0.2, -0.15) is 0 Å². The Morgan fingerprint density at radius 1 is 1.40 bits per heavy atom. The van der Waals surface area contributed by atoms with Gasteiger partial charge in [0.25, 0.3) is 0 Å². The molecule has 2 rings (SSSR count). The number of fused-ring (bicyclic) bond motifs is 1. The van der Waals surface area contributed by atoms with E-state index in [4.69, 9.17) is 4.74 Å². The highest BCUT2D eigenvalue weighted by molar-refractivity contribution is 6.65. The van der Waals surface area contributed by atoms with E-state index in [1.807, 2.05) is 0 Å². The molecule has 0 saturated heterocycles. The van der Waals surface area contributed by atoms with Crippen LogP contribution in [0.25, 0.3) is 5.57 Å². The van der Waals surface area contributed by atoms with Crippen molar-refractivity contribution < 1.29 is 17.7 Å². The van der Waals surface area contributed by atoms with Crippen LogP contribution in [0.3, 0.4) is 0 Å². The molecule has 0 radical (unpaired) electrons. The van der Waals surface area contributed by atoms with E-state index >= 15 is 0 Å². The fourth-order valence-electron chi connectivity index (χ4n) is 1.57. The molecule has 0 spiro atoms. The molecular weight excluding hydrogens is 206 g/mol. The first-order chi connectivity index (χ1) is 7.06. The van der Waals surface area contributed by atoms with Gasteiger partial charge < -0.3 is 17.7 Å². The fraction of sp³-hybridized carbons (Fsp3) is 0.222. The molecule has 80 valence electrons. The van der Waals surface area contributed by atoms with Gasteiger partial charge in [0.05, 0.1) is 12.8 Å². The van der Waals surface area contributed by atoms with Gasteiger partial charge in [-0.25, -0.2) is 0 Å². The fourth-order valence-corrected chi connectivity index (χ4v) is 1.57. The van der Waals surface area contributed by atoms with E-state index in [1.54, 1.807) is 6.07 Å². The molecule has 0 unspecified atom stereocenters. The van der Waals surface area contributed by atoms with Crippen molar-refractivity contribution in [2.45, 2.75) is 6.42 Å². The zero-order valence-electron chi connectivity index (χ0n) is 7.79. The molecule has 2 nitrogen and oxygen atoms in total. The molecule has 0 saturated carbocycles. The van der Waals surface area contributed by atoms with Crippen molar-refractivity contribution in [3.05, 3.63) is 30.0 Å². The van der Waals surface area contributed by atoms with Gasteiger partial charge in [0, 0.05) is 18.2 Å². The second-order valence-electron chi connectivity index (χ2n) is 3.29. The average Bonchev–Trinajstić information content (AvgIpc) is 2.16. The second kappa shape index (κ2) is 3.60. The summed E-state index contributed by atoms with van der Waals surface area (Å²) < 4.78 is 42.0. The Kier molecular flexibility index (Phi) is 2.42.